The van der Waals surface area contributed by atoms with Gasteiger partial charge in [-0.1, -0.05) is 19.3 Å². The van der Waals surface area contributed by atoms with E-state index in [1.54, 1.807) is 4.90 Å². The fourth-order valence-electron chi connectivity index (χ4n) is 2.37. The van der Waals surface area contributed by atoms with Crippen molar-refractivity contribution in [3.05, 3.63) is 0 Å². The van der Waals surface area contributed by atoms with Crippen molar-refractivity contribution >= 4 is 6.03 Å². The Morgan fingerprint density at radius 3 is 2.61 bits per heavy atom. The number of amides is 2. The summed E-state index contributed by atoms with van der Waals surface area (Å²) in [5, 5.41) is 3.11. The molecule has 0 unspecified atom stereocenters. The van der Waals surface area contributed by atoms with Gasteiger partial charge in [0.1, 0.15) is 0 Å². The highest BCUT2D eigenvalue weighted by molar-refractivity contribution is 5.74. The van der Waals surface area contributed by atoms with Crippen molar-refractivity contribution < 1.29 is 9.53 Å². The molecule has 0 aromatic rings. The van der Waals surface area contributed by atoms with Gasteiger partial charge in [0.2, 0.25) is 0 Å². The van der Waals surface area contributed by atoms with Crippen molar-refractivity contribution in [2.75, 3.05) is 26.8 Å². The Labute approximate surface area is 110 Å². The van der Waals surface area contributed by atoms with Crippen molar-refractivity contribution in [1.29, 1.82) is 0 Å². The minimum atomic E-state index is 0.0527. The summed E-state index contributed by atoms with van der Waals surface area (Å²) >= 11 is 0. The smallest absolute Gasteiger partial charge is 0.317 e. The molecule has 4 nitrogen and oxygen atoms in total. The maximum absolute atomic E-state index is 11.9. The van der Waals surface area contributed by atoms with Crippen LogP contribution in [0.5, 0.6) is 0 Å². The Hall–Kier alpha value is -0.770. The van der Waals surface area contributed by atoms with Crippen LogP contribution in [0.3, 0.4) is 0 Å². The number of urea groups is 1. The molecule has 2 fully saturated rings. The lowest BCUT2D eigenvalue weighted by atomic mass is 9.96. The van der Waals surface area contributed by atoms with Gasteiger partial charge >= 0.3 is 6.03 Å². The zero-order valence-corrected chi connectivity index (χ0v) is 11.5. The summed E-state index contributed by atoms with van der Waals surface area (Å²) < 4.78 is 5.55. The summed E-state index contributed by atoms with van der Waals surface area (Å²) in [6.07, 6.45) is 8.72. The average Bonchev–Trinajstić information content (AvgIpc) is 3.19. The van der Waals surface area contributed by atoms with Crippen molar-refractivity contribution in [3.8, 4) is 0 Å². The number of likely N-dealkylation sites (N-methyl/N-ethyl adjacent to an activating group) is 1. The lowest BCUT2D eigenvalue weighted by Gasteiger charge is -2.26. The van der Waals surface area contributed by atoms with E-state index in [-0.39, 0.29) is 6.03 Å². The molecule has 104 valence electrons. The van der Waals surface area contributed by atoms with Crippen LogP contribution < -0.4 is 5.32 Å². The van der Waals surface area contributed by atoms with Crippen molar-refractivity contribution in [1.82, 2.24) is 10.2 Å². The van der Waals surface area contributed by atoms with E-state index in [2.05, 4.69) is 5.32 Å². The minimum absolute atomic E-state index is 0.0527. The predicted octanol–water partition coefficient (Wildman–Crippen LogP) is 2.39. The number of nitrogens with one attached hydrogen (secondary N) is 1. The molecule has 0 atom stereocenters. The second-order valence-electron chi connectivity index (χ2n) is 5.72. The van der Waals surface area contributed by atoms with E-state index in [4.69, 9.17) is 4.74 Å². The van der Waals surface area contributed by atoms with Crippen molar-refractivity contribution in [3.63, 3.8) is 0 Å². The third kappa shape index (κ3) is 4.84. The minimum Gasteiger partial charge on any atom is -0.379 e. The molecule has 0 aliphatic heterocycles. The Morgan fingerprint density at radius 1 is 1.22 bits per heavy atom. The van der Waals surface area contributed by atoms with Gasteiger partial charge in [-0.2, -0.15) is 0 Å². The van der Waals surface area contributed by atoms with Gasteiger partial charge in [-0.15, -0.1) is 0 Å². The van der Waals surface area contributed by atoms with Crippen molar-refractivity contribution in [2.45, 2.75) is 51.0 Å². The molecule has 2 aliphatic carbocycles. The van der Waals surface area contributed by atoms with E-state index < -0.39 is 0 Å². The number of rotatable bonds is 6. The quantitative estimate of drug-likeness (QED) is 0.739. The average molecular weight is 254 g/mol. The van der Waals surface area contributed by atoms with E-state index in [0.29, 0.717) is 19.2 Å². The highest BCUT2D eigenvalue weighted by Crippen LogP contribution is 2.28. The summed E-state index contributed by atoms with van der Waals surface area (Å²) in [5.74, 6) is 0.798. The maximum atomic E-state index is 11.9. The third-order valence-corrected chi connectivity index (χ3v) is 3.90. The Morgan fingerprint density at radius 2 is 1.94 bits per heavy atom. The highest BCUT2D eigenvalue weighted by atomic mass is 16.5. The van der Waals surface area contributed by atoms with Crippen LogP contribution in [0.15, 0.2) is 0 Å². The van der Waals surface area contributed by atoms with Crippen LogP contribution in [0.1, 0.15) is 44.9 Å². The molecule has 2 amide bonds. The van der Waals surface area contributed by atoms with E-state index in [1.807, 2.05) is 7.05 Å². The maximum Gasteiger partial charge on any atom is 0.317 e. The zero-order chi connectivity index (χ0) is 12.8. The molecule has 0 heterocycles. The predicted molar refractivity (Wildman–Crippen MR) is 71.6 cm³/mol. The third-order valence-electron chi connectivity index (χ3n) is 3.90. The van der Waals surface area contributed by atoms with E-state index in [9.17, 15) is 4.79 Å². The first-order valence-electron chi connectivity index (χ1n) is 7.35. The summed E-state index contributed by atoms with van der Waals surface area (Å²) in [6.45, 7) is 2.22. The van der Waals surface area contributed by atoms with E-state index in [0.717, 1.165) is 25.4 Å². The number of nitrogens with zero attached hydrogens (tertiary/aromatic N) is 1. The largest absolute Gasteiger partial charge is 0.379 e. The Balaban J connectivity index is 1.54. The van der Waals surface area contributed by atoms with Gasteiger partial charge in [0.25, 0.3) is 0 Å². The summed E-state index contributed by atoms with van der Waals surface area (Å²) in [4.78, 5) is 13.6. The highest BCUT2D eigenvalue weighted by Gasteiger charge is 2.21. The van der Waals surface area contributed by atoms with Gasteiger partial charge in [0.15, 0.2) is 0 Å². The van der Waals surface area contributed by atoms with Crippen LogP contribution in [0, 0.1) is 5.92 Å². The summed E-state index contributed by atoms with van der Waals surface area (Å²) in [7, 11) is 1.85. The van der Waals surface area contributed by atoms with Crippen LogP contribution in [-0.4, -0.2) is 43.8 Å². The standard InChI is InChI=1S/C14H26N2O2/c1-16(9-10-18-11-12-7-8-12)14(17)15-13-5-3-2-4-6-13/h12-13H,2-11H2,1H3,(H,15,17). The number of ether oxygens (including phenoxy) is 1. The first kappa shape index (κ1) is 13.7. The van der Waals surface area contributed by atoms with Crippen LogP contribution in [-0.2, 0) is 4.74 Å². The molecule has 2 aliphatic rings. The molecule has 0 radical (unpaired) electrons. The van der Waals surface area contributed by atoms with Gasteiger partial charge in [0.05, 0.1) is 6.61 Å². The van der Waals surface area contributed by atoms with Gasteiger partial charge in [-0.3, -0.25) is 0 Å². The summed E-state index contributed by atoms with van der Waals surface area (Å²) in [6, 6.07) is 0.443. The van der Waals surface area contributed by atoms with E-state index >= 15 is 0 Å². The Bertz CT molecular complexity index is 261. The first-order chi connectivity index (χ1) is 8.75. The van der Waals surface area contributed by atoms with Gasteiger partial charge in [-0.25, -0.2) is 4.79 Å². The number of hydrogen-bond acceptors (Lipinski definition) is 2. The zero-order valence-electron chi connectivity index (χ0n) is 11.5. The van der Waals surface area contributed by atoms with Gasteiger partial charge in [-0.05, 0) is 31.6 Å². The fraction of sp³-hybridized carbons (Fsp3) is 0.929. The number of hydrogen-bond donors (Lipinski definition) is 1. The molecule has 4 heteroatoms. The lowest BCUT2D eigenvalue weighted by Crippen LogP contribution is -2.44. The number of carbonyl (C=O) groups excluding carboxylic acids is 1. The normalized spacial score (nSPS) is 20.7. The molecule has 1 N–H and O–H groups in total. The fourth-order valence-corrected chi connectivity index (χ4v) is 2.37. The number of carbonyl (C=O) groups is 1. The SMILES string of the molecule is CN(CCOCC1CC1)C(=O)NC1CCCCC1. The van der Waals surface area contributed by atoms with Gasteiger partial charge < -0.3 is 15.0 Å². The lowest BCUT2D eigenvalue weighted by molar-refractivity contribution is 0.107. The molecular formula is C14H26N2O2. The van der Waals surface area contributed by atoms with Crippen LogP contribution in [0.4, 0.5) is 4.79 Å². The second-order valence-corrected chi connectivity index (χ2v) is 5.72. The molecular weight excluding hydrogens is 228 g/mol. The van der Waals surface area contributed by atoms with Crippen LogP contribution in [0.2, 0.25) is 0 Å². The van der Waals surface area contributed by atoms with Gasteiger partial charge in [0, 0.05) is 26.2 Å². The first-order valence-corrected chi connectivity index (χ1v) is 7.35. The Kier molecular flexibility index (Phi) is 5.29. The van der Waals surface area contributed by atoms with Crippen molar-refractivity contribution in [2.24, 2.45) is 5.92 Å². The monoisotopic (exact) mass is 254 g/mol. The molecule has 0 aromatic heterocycles. The molecule has 18 heavy (non-hydrogen) atoms. The summed E-state index contributed by atoms with van der Waals surface area (Å²) in [5.41, 5.74) is 0. The molecule has 0 aromatic carbocycles. The molecule has 2 rings (SSSR count). The van der Waals surface area contributed by atoms with Crippen LogP contribution in [0.25, 0.3) is 0 Å². The molecule has 0 saturated heterocycles. The van der Waals surface area contributed by atoms with Crippen LogP contribution >= 0.6 is 0 Å². The topological polar surface area (TPSA) is 41.6 Å². The molecule has 2 saturated carbocycles. The molecule has 0 bridgehead atoms. The van der Waals surface area contributed by atoms with E-state index in [1.165, 1.54) is 32.1 Å². The molecule has 0 spiro atoms. The second kappa shape index (κ2) is 6.98.